The molecule has 92 valence electrons. The zero-order chi connectivity index (χ0) is 12.4. The summed E-state index contributed by atoms with van der Waals surface area (Å²) in [5.74, 6) is -0.358. The van der Waals surface area contributed by atoms with E-state index in [0.29, 0.717) is 12.8 Å². The molecule has 0 aliphatic rings. The number of unbranched alkanes of at least 4 members (excludes halogenated alkanes) is 1. The lowest BCUT2D eigenvalue weighted by Gasteiger charge is -2.09. The Morgan fingerprint density at radius 3 is 2.81 bits per heavy atom. The molecular weight excluding hydrogens is 214 g/mol. The van der Waals surface area contributed by atoms with Crippen molar-refractivity contribution in [1.82, 2.24) is 0 Å². The smallest absolute Gasteiger partial charge is 0.305 e. The van der Waals surface area contributed by atoms with Crippen LogP contribution in [0.25, 0.3) is 0 Å². The van der Waals surface area contributed by atoms with Crippen molar-refractivity contribution in [2.24, 2.45) is 0 Å². The van der Waals surface area contributed by atoms with Gasteiger partial charge >= 0.3 is 5.97 Å². The Morgan fingerprint density at radius 2 is 2.25 bits per heavy atom. The van der Waals surface area contributed by atoms with E-state index >= 15 is 0 Å². The van der Waals surface area contributed by atoms with Gasteiger partial charge in [-0.25, -0.2) is 0 Å². The lowest BCUT2D eigenvalue weighted by molar-refractivity contribution is -0.767. The van der Waals surface area contributed by atoms with Crippen molar-refractivity contribution in [3.63, 3.8) is 0 Å². The molecule has 0 radical (unpaired) electrons. The largest absolute Gasteiger partial charge is 0.463 e. The molecular formula is C10H17NO5. The van der Waals surface area contributed by atoms with Gasteiger partial charge in [-0.2, -0.15) is 0 Å². The Labute approximate surface area is 94.3 Å². The first-order valence-corrected chi connectivity index (χ1v) is 5.14. The van der Waals surface area contributed by atoms with Crippen molar-refractivity contribution >= 4 is 5.97 Å². The third-order valence-corrected chi connectivity index (χ3v) is 1.73. The van der Waals surface area contributed by atoms with Gasteiger partial charge in [0.05, 0.1) is 0 Å². The van der Waals surface area contributed by atoms with Gasteiger partial charge in [0.1, 0.15) is 12.7 Å². The molecule has 6 nitrogen and oxygen atoms in total. The summed E-state index contributed by atoms with van der Waals surface area (Å²) >= 11 is 0. The molecule has 0 N–H and O–H groups in total. The van der Waals surface area contributed by atoms with Crippen LogP contribution in [0.1, 0.15) is 33.1 Å². The Morgan fingerprint density at radius 1 is 1.56 bits per heavy atom. The molecule has 0 aliphatic heterocycles. The maximum atomic E-state index is 11.1. The standard InChI is InChI=1S/C10H17NO5/c1-3-4-5-6-7-10(12)15-8-9(2)16-11(13)14/h3-4,9H,5-8H2,1-2H3/b4-3-. The lowest BCUT2D eigenvalue weighted by atomic mass is 10.2. The summed E-state index contributed by atoms with van der Waals surface area (Å²) in [5.41, 5.74) is 0. The monoisotopic (exact) mass is 231 g/mol. The van der Waals surface area contributed by atoms with Crippen LogP contribution in [0.2, 0.25) is 0 Å². The SMILES string of the molecule is C/C=C\CCCC(=O)OCC(C)O[N+](=O)[O-]. The number of hydrogen-bond acceptors (Lipinski definition) is 5. The lowest BCUT2D eigenvalue weighted by Crippen LogP contribution is -2.21. The fourth-order valence-electron chi connectivity index (χ4n) is 0.991. The number of nitrogens with zero attached hydrogens (tertiary/aromatic N) is 1. The van der Waals surface area contributed by atoms with Crippen LogP contribution >= 0.6 is 0 Å². The molecule has 0 bridgehead atoms. The molecule has 16 heavy (non-hydrogen) atoms. The second-order valence-electron chi connectivity index (χ2n) is 3.28. The maximum Gasteiger partial charge on any atom is 0.305 e. The Balaban J connectivity index is 3.53. The molecule has 6 heteroatoms. The molecule has 0 fully saturated rings. The van der Waals surface area contributed by atoms with Crippen LogP contribution < -0.4 is 0 Å². The van der Waals surface area contributed by atoms with Crippen LogP contribution in [0.3, 0.4) is 0 Å². The average Bonchev–Trinajstić information content (AvgIpc) is 2.20. The van der Waals surface area contributed by atoms with Crippen LogP contribution in [0, 0.1) is 10.1 Å². The van der Waals surface area contributed by atoms with Crippen LogP contribution in [0.15, 0.2) is 12.2 Å². The van der Waals surface area contributed by atoms with Crippen LogP contribution in [-0.4, -0.2) is 23.8 Å². The molecule has 0 saturated carbocycles. The number of esters is 1. The number of rotatable bonds is 8. The van der Waals surface area contributed by atoms with Gasteiger partial charge in [0.15, 0.2) is 0 Å². The third-order valence-electron chi connectivity index (χ3n) is 1.73. The number of ether oxygens (including phenoxy) is 1. The van der Waals surface area contributed by atoms with Crippen molar-refractivity contribution in [2.75, 3.05) is 6.61 Å². The predicted molar refractivity (Wildman–Crippen MR) is 57.2 cm³/mol. The van der Waals surface area contributed by atoms with E-state index in [4.69, 9.17) is 4.74 Å². The molecule has 1 unspecified atom stereocenters. The van der Waals surface area contributed by atoms with Crippen LogP contribution in [-0.2, 0) is 14.4 Å². The molecule has 0 heterocycles. The Kier molecular flexibility index (Phi) is 7.83. The second-order valence-corrected chi connectivity index (χ2v) is 3.28. The van der Waals surface area contributed by atoms with Crippen molar-refractivity contribution in [2.45, 2.75) is 39.2 Å². The van der Waals surface area contributed by atoms with Crippen LogP contribution in [0.5, 0.6) is 0 Å². The van der Waals surface area contributed by atoms with Gasteiger partial charge in [0.2, 0.25) is 0 Å². The van der Waals surface area contributed by atoms with Gasteiger partial charge in [0.25, 0.3) is 5.09 Å². The number of carbonyl (C=O) groups excluding carboxylic acids is 1. The maximum absolute atomic E-state index is 11.1. The highest BCUT2D eigenvalue weighted by Gasteiger charge is 2.10. The van der Waals surface area contributed by atoms with Gasteiger partial charge in [-0.05, 0) is 26.7 Å². The molecule has 1 atom stereocenters. The zero-order valence-corrected chi connectivity index (χ0v) is 9.55. The highest BCUT2D eigenvalue weighted by atomic mass is 17.0. The van der Waals surface area contributed by atoms with Gasteiger partial charge in [-0.15, -0.1) is 10.1 Å². The van der Waals surface area contributed by atoms with E-state index in [9.17, 15) is 14.9 Å². The summed E-state index contributed by atoms with van der Waals surface area (Å²) in [4.78, 5) is 25.2. The summed E-state index contributed by atoms with van der Waals surface area (Å²) in [6, 6.07) is 0. The second kappa shape index (κ2) is 8.70. The average molecular weight is 231 g/mol. The molecule has 0 aromatic heterocycles. The van der Waals surface area contributed by atoms with Crippen molar-refractivity contribution in [3.8, 4) is 0 Å². The first kappa shape index (κ1) is 14.4. The summed E-state index contributed by atoms with van der Waals surface area (Å²) in [7, 11) is 0. The van der Waals surface area contributed by atoms with Crippen LogP contribution in [0.4, 0.5) is 0 Å². The normalized spacial score (nSPS) is 12.4. The predicted octanol–water partition coefficient (Wildman–Crippen LogP) is 1.87. The summed E-state index contributed by atoms with van der Waals surface area (Å²) in [6.45, 7) is 3.29. The van der Waals surface area contributed by atoms with E-state index < -0.39 is 11.2 Å². The minimum absolute atomic E-state index is 0.0938. The molecule has 0 aromatic carbocycles. The van der Waals surface area contributed by atoms with Gasteiger partial charge in [-0.1, -0.05) is 12.2 Å². The van der Waals surface area contributed by atoms with E-state index in [2.05, 4.69) is 4.84 Å². The molecule has 0 amide bonds. The fraction of sp³-hybridized carbons (Fsp3) is 0.700. The first-order valence-electron chi connectivity index (χ1n) is 5.14. The van der Waals surface area contributed by atoms with Crippen molar-refractivity contribution in [3.05, 3.63) is 22.3 Å². The molecule has 0 spiro atoms. The highest BCUT2D eigenvalue weighted by Crippen LogP contribution is 2.00. The topological polar surface area (TPSA) is 78.7 Å². The summed E-state index contributed by atoms with van der Waals surface area (Å²) < 4.78 is 4.79. The summed E-state index contributed by atoms with van der Waals surface area (Å²) in [5, 5.41) is 9.04. The van der Waals surface area contributed by atoms with Gasteiger partial charge in [-0.3, -0.25) is 4.79 Å². The number of allylic oxidation sites excluding steroid dienone is 2. The van der Waals surface area contributed by atoms with E-state index in [1.807, 2.05) is 19.1 Å². The molecule has 0 rings (SSSR count). The Hall–Kier alpha value is -1.59. The molecule has 0 aliphatic carbocycles. The first-order chi connectivity index (χ1) is 7.56. The van der Waals surface area contributed by atoms with Crippen molar-refractivity contribution in [1.29, 1.82) is 0 Å². The Bertz CT molecular complexity index is 252. The number of hydrogen-bond donors (Lipinski definition) is 0. The minimum atomic E-state index is -0.898. The third kappa shape index (κ3) is 8.98. The molecule has 0 aromatic rings. The summed E-state index contributed by atoms with van der Waals surface area (Å²) in [6.07, 6.45) is 5.01. The van der Waals surface area contributed by atoms with E-state index in [-0.39, 0.29) is 12.6 Å². The minimum Gasteiger partial charge on any atom is -0.463 e. The van der Waals surface area contributed by atoms with E-state index in [0.717, 1.165) is 6.42 Å². The van der Waals surface area contributed by atoms with Gasteiger partial charge in [0, 0.05) is 6.42 Å². The quantitative estimate of drug-likeness (QED) is 0.209. The molecule has 0 saturated heterocycles. The highest BCUT2D eigenvalue weighted by molar-refractivity contribution is 5.69. The fourth-order valence-corrected chi connectivity index (χ4v) is 0.991. The van der Waals surface area contributed by atoms with Gasteiger partial charge < -0.3 is 9.57 Å². The number of carbonyl (C=O) groups is 1. The van der Waals surface area contributed by atoms with E-state index in [1.165, 1.54) is 6.92 Å². The van der Waals surface area contributed by atoms with Crippen molar-refractivity contribution < 1.29 is 19.5 Å². The zero-order valence-electron chi connectivity index (χ0n) is 9.55. The van der Waals surface area contributed by atoms with E-state index in [1.54, 1.807) is 0 Å².